The Morgan fingerprint density at radius 2 is 1.90 bits per heavy atom. The van der Waals surface area contributed by atoms with Crippen LogP contribution in [-0.4, -0.2) is 45.6 Å². The summed E-state index contributed by atoms with van der Waals surface area (Å²) in [5.74, 6) is 3.59. The van der Waals surface area contributed by atoms with E-state index >= 15 is 0 Å². The Kier molecular flexibility index (Phi) is 7.58. The molecular formula is C26H40O5. The third-order valence-electron chi connectivity index (χ3n) is 8.50. The van der Waals surface area contributed by atoms with Crippen LogP contribution in [0.4, 0.5) is 0 Å². The molecule has 2 saturated carbocycles. The number of benzene rings is 1. The van der Waals surface area contributed by atoms with Crippen LogP contribution in [0.1, 0.15) is 68.9 Å². The summed E-state index contributed by atoms with van der Waals surface area (Å²) >= 11 is 0. The summed E-state index contributed by atoms with van der Waals surface area (Å²) in [7, 11) is 3.37. The number of hydrogen-bond acceptors (Lipinski definition) is 5. The molecule has 6 unspecified atom stereocenters. The van der Waals surface area contributed by atoms with E-state index in [9.17, 15) is 5.11 Å². The van der Waals surface area contributed by atoms with Crippen LogP contribution in [0.25, 0.3) is 0 Å². The Balaban J connectivity index is 1.61. The average molecular weight is 433 g/mol. The summed E-state index contributed by atoms with van der Waals surface area (Å²) in [6.45, 7) is 3.45. The SMILES string of the molecule is COCOc1ccc2c(c1)CC(CCCCO)C1C2CCC2(C)C(OCOC)CCC12. The Morgan fingerprint density at radius 3 is 2.68 bits per heavy atom. The van der Waals surface area contributed by atoms with Gasteiger partial charge in [-0.25, -0.2) is 0 Å². The van der Waals surface area contributed by atoms with E-state index < -0.39 is 0 Å². The third kappa shape index (κ3) is 4.52. The molecule has 3 aliphatic rings. The number of rotatable bonds is 10. The number of fused-ring (bicyclic) bond motifs is 5. The molecule has 0 radical (unpaired) electrons. The quantitative estimate of drug-likeness (QED) is 0.421. The number of ether oxygens (including phenoxy) is 4. The van der Waals surface area contributed by atoms with E-state index in [1.807, 2.05) is 0 Å². The molecule has 0 aliphatic heterocycles. The first kappa shape index (κ1) is 23.0. The Hall–Kier alpha value is -1.14. The van der Waals surface area contributed by atoms with Crippen LogP contribution >= 0.6 is 0 Å². The molecule has 4 rings (SSSR count). The molecule has 3 aliphatic carbocycles. The predicted molar refractivity (Wildman–Crippen MR) is 120 cm³/mol. The summed E-state index contributed by atoms with van der Waals surface area (Å²) in [4.78, 5) is 0. The lowest BCUT2D eigenvalue weighted by atomic mass is 9.52. The lowest BCUT2D eigenvalue weighted by molar-refractivity contribution is -0.128. The molecule has 5 nitrogen and oxygen atoms in total. The lowest BCUT2D eigenvalue weighted by Crippen LogP contribution is -2.47. The highest BCUT2D eigenvalue weighted by atomic mass is 16.7. The van der Waals surface area contributed by atoms with Crippen LogP contribution in [0.5, 0.6) is 5.75 Å². The van der Waals surface area contributed by atoms with Gasteiger partial charge in [-0.15, -0.1) is 0 Å². The fraction of sp³-hybridized carbons (Fsp3) is 0.769. The summed E-state index contributed by atoms with van der Waals surface area (Å²) in [5, 5.41) is 9.36. The highest BCUT2D eigenvalue weighted by molar-refractivity contribution is 5.41. The van der Waals surface area contributed by atoms with Crippen molar-refractivity contribution in [1.29, 1.82) is 0 Å². The minimum atomic E-state index is 0.244. The van der Waals surface area contributed by atoms with Crippen LogP contribution < -0.4 is 4.74 Å². The zero-order valence-electron chi connectivity index (χ0n) is 19.5. The lowest BCUT2D eigenvalue weighted by Gasteiger charge is -2.53. The van der Waals surface area contributed by atoms with Gasteiger partial charge in [0.05, 0.1) is 6.10 Å². The van der Waals surface area contributed by atoms with Crippen LogP contribution in [0.3, 0.4) is 0 Å². The molecule has 5 heteroatoms. The van der Waals surface area contributed by atoms with Gasteiger partial charge in [0.2, 0.25) is 0 Å². The Bertz CT molecular complexity index is 722. The summed E-state index contributed by atoms with van der Waals surface area (Å²) < 4.78 is 22.3. The van der Waals surface area contributed by atoms with Crippen molar-refractivity contribution in [2.75, 3.05) is 34.4 Å². The topological polar surface area (TPSA) is 57.2 Å². The van der Waals surface area contributed by atoms with Crippen molar-refractivity contribution in [3.8, 4) is 5.75 Å². The normalized spacial score (nSPS) is 34.1. The Labute approximate surface area is 187 Å². The van der Waals surface area contributed by atoms with Gasteiger partial charge >= 0.3 is 0 Å². The van der Waals surface area contributed by atoms with Crippen molar-refractivity contribution in [2.24, 2.45) is 23.2 Å². The smallest absolute Gasteiger partial charge is 0.188 e. The van der Waals surface area contributed by atoms with Gasteiger partial charge < -0.3 is 24.1 Å². The van der Waals surface area contributed by atoms with E-state index in [1.165, 1.54) is 36.8 Å². The molecule has 31 heavy (non-hydrogen) atoms. The highest BCUT2D eigenvalue weighted by Gasteiger charge is 2.57. The average Bonchev–Trinajstić information content (AvgIpc) is 3.12. The largest absolute Gasteiger partial charge is 0.468 e. The molecule has 0 aromatic heterocycles. The molecule has 0 amide bonds. The number of hydrogen-bond donors (Lipinski definition) is 1. The fourth-order valence-electron chi connectivity index (χ4n) is 7.16. The van der Waals surface area contributed by atoms with Gasteiger partial charge in [-0.2, -0.15) is 0 Å². The van der Waals surface area contributed by atoms with E-state index in [2.05, 4.69) is 25.1 Å². The van der Waals surface area contributed by atoms with Crippen molar-refractivity contribution in [3.63, 3.8) is 0 Å². The summed E-state index contributed by atoms with van der Waals surface area (Å²) in [6, 6.07) is 6.68. The van der Waals surface area contributed by atoms with Gasteiger partial charge in [0, 0.05) is 20.8 Å². The van der Waals surface area contributed by atoms with E-state index in [1.54, 1.807) is 14.2 Å². The monoisotopic (exact) mass is 432 g/mol. The van der Waals surface area contributed by atoms with Gasteiger partial charge in [0.1, 0.15) is 12.5 Å². The van der Waals surface area contributed by atoms with Crippen LogP contribution in [0, 0.1) is 23.2 Å². The minimum absolute atomic E-state index is 0.244. The fourth-order valence-corrected chi connectivity index (χ4v) is 7.16. The first-order valence-corrected chi connectivity index (χ1v) is 12.1. The summed E-state index contributed by atoms with van der Waals surface area (Å²) in [6.07, 6.45) is 9.47. The molecule has 174 valence electrons. The zero-order valence-corrected chi connectivity index (χ0v) is 19.5. The van der Waals surface area contributed by atoms with Crippen molar-refractivity contribution in [1.82, 2.24) is 0 Å². The molecular weight excluding hydrogens is 392 g/mol. The summed E-state index contributed by atoms with van der Waals surface area (Å²) in [5.41, 5.74) is 3.24. The van der Waals surface area contributed by atoms with Gasteiger partial charge in [-0.1, -0.05) is 19.4 Å². The van der Waals surface area contributed by atoms with E-state index in [4.69, 9.17) is 18.9 Å². The molecule has 6 atom stereocenters. The second-order valence-electron chi connectivity index (χ2n) is 10.1. The van der Waals surface area contributed by atoms with E-state index in [0.29, 0.717) is 43.2 Å². The number of methoxy groups -OCH3 is 2. The molecule has 2 fully saturated rings. The van der Waals surface area contributed by atoms with Crippen LogP contribution in [-0.2, 0) is 20.6 Å². The molecule has 0 heterocycles. The van der Waals surface area contributed by atoms with E-state index in [-0.39, 0.29) is 12.2 Å². The maximum atomic E-state index is 9.36. The molecule has 1 aromatic rings. The Morgan fingerprint density at radius 1 is 1.06 bits per heavy atom. The van der Waals surface area contributed by atoms with Crippen LogP contribution in [0.2, 0.25) is 0 Å². The van der Waals surface area contributed by atoms with Gasteiger partial charge in [0.25, 0.3) is 0 Å². The van der Waals surface area contributed by atoms with Gasteiger partial charge in [-0.05, 0) is 97.3 Å². The predicted octanol–water partition coefficient (Wildman–Crippen LogP) is 4.90. The first-order chi connectivity index (χ1) is 15.1. The maximum absolute atomic E-state index is 9.36. The van der Waals surface area contributed by atoms with Crippen LogP contribution in [0.15, 0.2) is 18.2 Å². The zero-order chi connectivity index (χ0) is 21.8. The maximum Gasteiger partial charge on any atom is 0.188 e. The molecule has 0 saturated heterocycles. The van der Waals surface area contributed by atoms with Gasteiger partial charge in [-0.3, -0.25) is 0 Å². The van der Waals surface area contributed by atoms with Crippen molar-refractivity contribution in [3.05, 3.63) is 29.3 Å². The first-order valence-electron chi connectivity index (χ1n) is 12.1. The standard InChI is InChI=1S/C26H40O5/c1-26-12-11-22-21-8-7-20(30-16-28-2)15-19(21)14-18(6-4-5-13-27)25(22)23(26)9-10-24(26)31-17-29-3/h7-8,15,18,22-25,27H,4-6,9-14,16-17H2,1-3H3. The number of unbranched alkanes of at least 4 members (excludes halogenated alkanes) is 1. The number of aliphatic hydroxyl groups is 1. The van der Waals surface area contributed by atoms with E-state index in [0.717, 1.165) is 31.4 Å². The second-order valence-corrected chi connectivity index (χ2v) is 10.1. The van der Waals surface area contributed by atoms with Crippen molar-refractivity contribution in [2.45, 2.75) is 70.3 Å². The molecule has 0 spiro atoms. The molecule has 1 N–H and O–H groups in total. The second kappa shape index (κ2) is 10.2. The third-order valence-corrected chi connectivity index (χ3v) is 8.50. The number of aliphatic hydroxyl groups excluding tert-OH is 1. The molecule has 1 aromatic carbocycles. The minimum Gasteiger partial charge on any atom is -0.468 e. The molecule has 0 bridgehead atoms. The van der Waals surface area contributed by atoms with Gasteiger partial charge in [0.15, 0.2) is 6.79 Å². The van der Waals surface area contributed by atoms with Crippen molar-refractivity contribution < 1.29 is 24.1 Å². The highest BCUT2D eigenvalue weighted by Crippen LogP contribution is 2.63. The van der Waals surface area contributed by atoms with Crippen molar-refractivity contribution >= 4 is 0 Å².